The first-order chi connectivity index (χ1) is 10.2. The first-order valence-electron chi connectivity index (χ1n) is 7.05. The minimum absolute atomic E-state index is 0.739. The number of benzene rings is 2. The van der Waals surface area contributed by atoms with E-state index in [0.29, 0.717) is 0 Å². The van der Waals surface area contributed by atoms with Gasteiger partial charge in [0.1, 0.15) is 5.75 Å². The highest BCUT2D eigenvalue weighted by atomic mass is 79.9. The maximum absolute atomic E-state index is 5.99. The second-order valence-electron chi connectivity index (χ2n) is 4.83. The van der Waals surface area contributed by atoms with Gasteiger partial charge in [-0.3, -0.25) is 0 Å². The van der Waals surface area contributed by atoms with Crippen LogP contribution in [0.5, 0.6) is 5.75 Å². The third-order valence-corrected chi connectivity index (χ3v) is 3.75. The SMILES string of the molecule is CCCOc1ccc(Br)cc1CNCc1cccc(Cl)c1. The molecule has 2 nitrogen and oxygen atoms in total. The van der Waals surface area contributed by atoms with E-state index in [9.17, 15) is 0 Å². The number of rotatable bonds is 7. The number of hydrogen-bond acceptors (Lipinski definition) is 2. The van der Waals surface area contributed by atoms with Crippen molar-refractivity contribution < 1.29 is 4.74 Å². The van der Waals surface area contributed by atoms with Crippen molar-refractivity contribution in [3.63, 3.8) is 0 Å². The van der Waals surface area contributed by atoms with Crippen molar-refractivity contribution in [2.75, 3.05) is 6.61 Å². The number of nitrogens with one attached hydrogen (secondary N) is 1. The molecular formula is C17H19BrClNO. The number of halogens is 2. The highest BCUT2D eigenvalue weighted by molar-refractivity contribution is 9.10. The highest BCUT2D eigenvalue weighted by Crippen LogP contribution is 2.23. The minimum atomic E-state index is 0.739. The molecule has 0 heterocycles. The zero-order valence-electron chi connectivity index (χ0n) is 12.0. The summed E-state index contributed by atoms with van der Waals surface area (Å²) in [6.45, 7) is 4.38. The average molecular weight is 369 g/mol. The Morgan fingerprint density at radius 3 is 2.76 bits per heavy atom. The molecule has 0 aliphatic rings. The Morgan fingerprint density at radius 1 is 1.14 bits per heavy atom. The van der Waals surface area contributed by atoms with E-state index in [1.807, 2.05) is 30.3 Å². The summed E-state index contributed by atoms with van der Waals surface area (Å²) in [5, 5.41) is 4.20. The van der Waals surface area contributed by atoms with Gasteiger partial charge in [0.25, 0.3) is 0 Å². The summed E-state index contributed by atoms with van der Waals surface area (Å²) in [7, 11) is 0. The summed E-state index contributed by atoms with van der Waals surface area (Å²) < 4.78 is 6.84. The Balaban J connectivity index is 1.97. The third-order valence-electron chi connectivity index (χ3n) is 3.02. The molecule has 112 valence electrons. The zero-order valence-corrected chi connectivity index (χ0v) is 14.4. The lowest BCUT2D eigenvalue weighted by atomic mass is 10.2. The predicted octanol–water partition coefficient (Wildman–Crippen LogP) is 5.18. The van der Waals surface area contributed by atoms with Gasteiger partial charge in [0.05, 0.1) is 6.61 Å². The average Bonchev–Trinajstić information content (AvgIpc) is 2.46. The maximum Gasteiger partial charge on any atom is 0.123 e. The van der Waals surface area contributed by atoms with Crippen LogP contribution in [0.4, 0.5) is 0 Å². The Kier molecular flexibility index (Phi) is 6.55. The summed E-state index contributed by atoms with van der Waals surface area (Å²) in [5.74, 6) is 0.943. The van der Waals surface area contributed by atoms with Crippen LogP contribution in [0.15, 0.2) is 46.9 Å². The summed E-state index contributed by atoms with van der Waals surface area (Å²) in [4.78, 5) is 0. The molecule has 2 rings (SSSR count). The molecule has 0 aliphatic carbocycles. The van der Waals surface area contributed by atoms with E-state index < -0.39 is 0 Å². The summed E-state index contributed by atoms with van der Waals surface area (Å²) in [6, 6.07) is 14.0. The van der Waals surface area contributed by atoms with Gasteiger partial charge >= 0.3 is 0 Å². The molecule has 1 N–H and O–H groups in total. The molecule has 0 spiro atoms. The van der Waals surface area contributed by atoms with Crippen LogP contribution in [0.2, 0.25) is 5.02 Å². The van der Waals surface area contributed by atoms with Crippen LogP contribution < -0.4 is 10.1 Å². The van der Waals surface area contributed by atoms with E-state index in [-0.39, 0.29) is 0 Å². The lowest BCUT2D eigenvalue weighted by Gasteiger charge is -2.12. The van der Waals surface area contributed by atoms with Crippen LogP contribution >= 0.6 is 27.5 Å². The molecule has 0 aromatic heterocycles. The molecular weight excluding hydrogens is 350 g/mol. The largest absolute Gasteiger partial charge is 0.493 e. The van der Waals surface area contributed by atoms with E-state index >= 15 is 0 Å². The topological polar surface area (TPSA) is 21.3 Å². The van der Waals surface area contributed by atoms with Crippen molar-refractivity contribution in [3.05, 3.63) is 63.1 Å². The van der Waals surface area contributed by atoms with Crippen LogP contribution in [0.25, 0.3) is 0 Å². The Morgan fingerprint density at radius 2 is 2.00 bits per heavy atom. The fourth-order valence-corrected chi connectivity index (χ4v) is 2.65. The third kappa shape index (κ3) is 5.34. The first kappa shape index (κ1) is 16.3. The van der Waals surface area contributed by atoms with E-state index in [4.69, 9.17) is 16.3 Å². The maximum atomic E-state index is 5.99. The Bertz CT molecular complexity index is 589. The monoisotopic (exact) mass is 367 g/mol. The fraction of sp³-hybridized carbons (Fsp3) is 0.294. The molecule has 4 heteroatoms. The second kappa shape index (κ2) is 8.42. The molecule has 0 radical (unpaired) electrons. The molecule has 0 aliphatic heterocycles. The van der Waals surface area contributed by atoms with Crippen LogP contribution in [0.1, 0.15) is 24.5 Å². The molecule has 0 saturated heterocycles. The molecule has 0 atom stereocenters. The second-order valence-corrected chi connectivity index (χ2v) is 6.19. The van der Waals surface area contributed by atoms with Crippen molar-refractivity contribution >= 4 is 27.5 Å². The molecule has 0 bridgehead atoms. The van der Waals surface area contributed by atoms with Gasteiger partial charge in [-0.2, -0.15) is 0 Å². The molecule has 0 amide bonds. The molecule has 0 saturated carbocycles. The number of ether oxygens (including phenoxy) is 1. The van der Waals surface area contributed by atoms with E-state index in [2.05, 4.69) is 40.3 Å². The standard InChI is InChI=1S/C17H19BrClNO/c1-2-8-21-17-7-6-15(18)10-14(17)12-20-11-13-4-3-5-16(19)9-13/h3-7,9-10,20H,2,8,11-12H2,1H3. The van der Waals surface area contributed by atoms with Crippen LogP contribution in [0.3, 0.4) is 0 Å². The fourth-order valence-electron chi connectivity index (χ4n) is 2.03. The summed E-state index contributed by atoms with van der Waals surface area (Å²) >= 11 is 9.50. The van der Waals surface area contributed by atoms with Crippen molar-refractivity contribution in [3.8, 4) is 5.75 Å². The van der Waals surface area contributed by atoms with Gasteiger partial charge in [0.15, 0.2) is 0 Å². The molecule has 0 unspecified atom stereocenters. The quantitative estimate of drug-likeness (QED) is 0.727. The first-order valence-corrected chi connectivity index (χ1v) is 8.22. The van der Waals surface area contributed by atoms with Gasteiger partial charge in [-0.25, -0.2) is 0 Å². The lowest BCUT2D eigenvalue weighted by Crippen LogP contribution is -2.13. The van der Waals surface area contributed by atoms with Gasteiger partial charge in [-0.15, -0.1) is 0 Å². The lowest BCUT2D eigenvalue weighted by molar-refractivity contribution is 0.313. The normalized spacial score (nSPS) is 10.6. The molecule has 2 aromatic carbocycles. The smallest absolute Gasteiger partial charge is 0.123 e. The molecule has 0 fully saturated rings. The van der Waals surface area contributed by atoms with E-state index in [0.717, 1.165) is 46.9 Å². The number of hydrogen-bond donors (Lipinski definition) is 1. The van der Waals surface area contributed by atoms with Gasteiger partial charge in [0, 0.05) is 28.1 Å². The van der Waals surface area contributed by atoms with Crippen molar-refractivity contribution in [2.24, 2.45) is 0 Å². The van der Waals surface area contributed by atoms with Gasteiger partial charge in [0.2, 0.25) is 0 Å². The van der Waals surface area contributed by atoms with Gasteiger partial charge < -0.3 is 10.1 Å². The molecule has 21 heavy (non-hydrogen) atoms. The van der Waals surface area contributed by atoms with Crippen molar-refractivity contribution in [2.45, 2.75) is 26.4 Å². The van der Waals surface area contributed by atoms with E-state index in [1.54, 1.807) is 0 Å². The highest BCUT2D eigenvalue weighted by Gasteiger charge is 2.04. The van der Waals surface area contributed by atoms with Gasteiger partial charge in [-0.1, -0.05) is 46.6 Å². The van der Waals surface area contributed by atoms with E-state index in [1.165, 1.54) is 5.56 Å². The van der Waals surface area contributed by atoms with Crippen molar-refractivity contribution in [1.82, 2.24) is 5.32 Å². The minimum Gasteiger partial charge on any atom is -0.493 e. The predicted molar refractivity (Wildman–Crippen MR) is 91.9 cm³/mol. The van der Waals surface area contributed by atoms with Crippen LogP contribution in [-0.4, -0.2) is 6.61 Å². The van der Waals surface area contributed by atoms with Crippen LogP contribution in [-0.2, 0) is 13.1 Å². The van der Waals surface area contributed by atoms with Crippen LogP contribution in [0, 0.1) is 0 Å². The Hall–Kier alpha value is -1.03. The zero-order chi connectivity index (χ0) is 15.1. The Labute approximate surface area is 139 Å². The molecule has 2 aromatic rings. The van der Waals surface area contributed by atoms with Gasteiger partial charge in [-0.05, 0) is 42.3 Å². The summed E-state index contributed by atoms with van der Waals surface area (Å²) in [5.41, 5.74) is 2.33. The summed E-state index contributed by atoms with van der Waals surface area (Å²) in [6.07, 6.45) is 1.01. The van der Waals surface area contributed by atoms with Crippen molar-refractivity contribution in [1.29, 1.82) is 0 Å².